The van der Waals surface area contributed by atoms with Gasteiger partial charge in [-0.1, -0.05) is 30.3 Å². The third kappa shape index (κ3) is 2.52. The lowest BCUT2D eigenvalue weighted by molar-refractivity contribution is 1.12. The first-order chi connectivity index (χ1) is 9.84. The molecule has 0 fully saturated rings. The summed E-state index contributed by atoms with van der Waals surface area (Å²) in [5, 5.41) is 0. The number of hydrogen-bond acceptors (Lipinski definition) is 3. The van der Waals surface area contributed by atoms with Gasteiger partial charge in [0.1, 0.15) is 5.82 Å². The van der Waals surface area contributed by atoms with E-state index in [1.54, 1.807) is 6.20 Å². The maximum absolute atomic E-state index is 4.68. The molecular weight excluding hydrogens is 246 g/mol. The lowest BCUT2D eigenvalue weighted by Crippen LogP contribution is -2.11. The van der Waals surface area contributed by atoms with Crippen LogP contribution < -0.4 is 4.90 Å². The van der Waals surface area contributed by atoms with Crippen LogP contribution in [0.3, 0.4) is 0 Å². The van der Waals surface area contributed by atoms with Crippen molar-refractivity contribution < 1.29 is 0 Å². The Bertz CT molecular complexity index is 681. The molecule has 3 heteroatoms. The lowest BCUT2D eigenvalue weighted by Gasteiger charge is -2.18. The highest BCUT2D eigenvalue weighted by atomic mass is 15.2. The Balaban J connectivity index is 1.96. The van der Waals surface area contributed by atoms with Crippen LogP contribution in [0.1, 0.15) is 0 Å². The molecule has 0 unspecified atom stereocenters. The molecule has 1 aromatic carbocycles. The van der Waals surface area contributed by atoms with E-state index in [4.69, 9.17) is 0 Å². The molecule has 0 saturated carbocycles. The van der Waals surface area contributed by atoms with Gasteiger partial charge in [0.15, 0.2) is 0 Å². The smallest absolute Gasteiger partial charge is 0.133 e. The number of anilines is 2. The molecule has 2 aromatic heterocycles. The Morgan fingerprint density at radius 1 is 0.750 bits per heavy atom. The molecule has 3 aromatic rings. The molecule has 0 radical (unpaired) electrons. The van der Waals surface area contributed by atoms with Gasteiger partial charge in [-0.25, -0.2) is 4.98 Å². The van der Waals surface area contributed by atoms with Crippen molar-refractivity contribution in [2.45, 2.75) is 0 Å². The summed E-state index contributed by atoms with van der Waals surface area (Å²) in [5.74, 6) is 0.902. The van der Waals surface area contributed by atoms with E-state index in [9.17, 15) is 0 Å². The number of benzene rings is 1. The fourth-order valence-corrected chi connectivity index (χ4v) is 2.05. The van der Waals surface area contributed by atoms with Crippen LogP contribution in [0.2, 0.25) is 0 Å². The predicted octanol–water partition coefficient (Wildman–Crippen LogP) is 3.91. The molecule has 3 rings (SSSR count). The first kappa shape index (κ1) is 12.4. The summed E-state index contributed by atoms with van der Waals surface area (Å²) in [6.07, 6.45) is 1.78. The van der Waals surface area contributed by atoms with E-state index in [1.165, 1.54) is 0 Å². The van der Waals surface area contributed by atoms with Gasteiger partial charge >= 0.3 is 0 Å². The highest BCUT2D eigenvalue weighted by Crippen LogP contribution is 2.23. The topological polar surface area (TPSA) is 29.0 Å². The van der Waals surface area contributed by atoms with Gasteiger partial charge in [0, 0.05) is 18.9 Å². The highest BCUT2D eigenvalue weighted by molar-refractivity contribution is 5.63. The Hall–Kier alpha value is -2.68. The van der Waals surface area contributed by atoms with Crippen LogP contribution in [0.4, 0.5) is 11.5 Å². The number of pyridine rings is 2. The molecule has 0 saturated heterocycles. The second-order valence-electron chi connectivity index (χ2n) is 4.49. The Morgan fingerprint density at radius 2 is 1.50 bits per heavy atom. The molecule has 98 valence electrons. The van der Waals surface area contributed by atoms with Crippen LogP contribution >= 0.6 is 0 Å². The summed E-state index contributed by atoms with van der Waals surface area (Å²) in [6.45, 7) is 0. The van der Waals surface area contributed by atoms with Gasteiger partial charge in [-0.3, -0.25) is 4.98 Å². The van der Waals surface area contributed by atoms with Crippen LogP contribution in [0.5, 0.6) is 0 Å². The third-order valence-electron chi connectivity index (χ3n) is 3.15. The van der Waals surface area contributed by atoms with E-state index in [-0.39, 0.29) is 0 Å². The molecule has 0 amide bonds. The van der Waals surface area contributed by atoms with Crippen molar-refractivity contribution in [3.8, 4) is 11.4 Å². The number of hydrogen-bond donors (Lipinski definition) is 0. The molecule has 0 N–H and O–H groups in total. The van der Waals surface area contributed by atoms with Crippen molar-refractivity contribution in [3.05, 3.63) is 72.9 Å². The van der Waals surface area contributed by atoms with Gasteiger partial charge in [0.2, 0.25) is 0 Å². The van der Waals surface area contributed by atoms with Crippen LogP contribution in [0.25, 0.3) is 11.4 Å². The fraction of sp³-hybridized carbons (Fsp3) is 0.0588. The zero-order valence-electron chi connectivity index (χ0n) is 11.3. The zero-order valence-corrected chi connectivity index (χ0v) is 11.3. The summed E-state index contributed by atoms with van der Waals surface area (Å²) in [5.41, 5.74) is 2.87. The second-order valence-corrected chi connectivity index (χ2v) is 4.49. The standard InChI is InChI=1S/C17H15N3/c1-20(14-8-3-2-4-9-14)17-12-7-11-16(19-17)15-10-5-6-13-18-15/h2-13H,1H3. The lowest BCUT2D eigenvalue weighted by atomic mass is 10.2. The van der Waals surface area contributed by atoms with Gasteiger partial charge in [-0.15, -0.1) is 0 Å². The average molecular weight is 261 g/mol. The van der Waals surface area contributed by atoms with E-state index in [0.29, 0.717) is 0 Å². The van der Waals surface area contributed by atoms with Crippen molar-refractivity contribution >= 4 is 11.5 Å². The normalized spacial score (nSPS) is 10.2. The summed E-state index contributed by atoms with van der Waals surface area (Å²) in [4.78, 5) is 11.1. The number of aromatic nitrogens is 2. The van der Waals surface area contributed by atoms with Crippen LogP contribution in [0.15, 0.2) is 72.9 Å². The zero-order chi connectivity index (χ0) is 13.8. The summed E-state index contributed by atoms with van der Waals surface area (Å²) in [6, 6.07) is 22.0. The van der Waals surface area contributed by atoms with Crippen LogP contribution in [-0.2, 0) is 0 Å². The molecule has 3 nitrogen and oxygen atoms in total. The van der Waals surface area contributed by atoms with Crippen molar-refractivity contribution in [1.29, 1.82) is 0 Å². The molecule has 0 aliphatic carbocycles. The van der Waals surface area contributed by atoms with E-state index >= 15 is 0 Å². The fourth-order valence-electron chi connectivity index (χ4n) is 2.05. The van der Waals surface area contributed by atoms with Crippen molar-refractivity contribution in [3.63, 3.8) is 0 Å². The quantitative estimate of drug-likeness (QED) is 0.715. The SMILES string of the molecule is CN(c1ccccc1)c1cccc(-c2ccccn2)n1. The second kappa shape index (κ2) is 5.53. The van der Waals surface area contributed by atoms with Gasteiger partial charge in [0.25, 0.3) is 0 Å². The van der Waals surface area contributed by atoms with Gasteiger partial charge in [-0.2, -0.15) is 0 Å². The third-order valence-corrected chi connectivity index (χ3v) is 3.15. The molecule has 0 bridgehead atoms. The monoisotopic (exact) mass is 261 g/mol. The van der Waals surface area contributed by atoms with Gasteiger partial charge < -0.3 is 4.90 Å². The molecule has 20 heavy (non-hydrogen) atoms. The summed E-state index contributed by atoms with van der Waals surface area (Å²) < 4.78 is 0. The Kier molecular flexibility index (Phi) is 3.42. The average Bonchev–Trinajstić information content (AvgIpc) is 2.56. The minimum absolute atomic E-state index is 0.880. The highest BCUT2D eigenvalue weighted by Gasteiger charge is 2.07. The van der Waals surface area contributed by atoms with E-state index in [1.807, 2.05) is 61.6 Å². The van der Waals surface area contributed by atoms with E-state index in [2.05, 4.69) is 27.0 Å². The Labute approximate surface area is 118 Å². The largest absolute Gasteiger partial charge is 0.329 e. The van der Waals surface area contributed by atoms with Crippen molar-refractivity contribution in [2.24, 2.45) is 0 Å². The number of nitrogens with zero attached hydrogens (tertiary/aromatic N) is 3. The molecule has 0 aliphatic heterocycles. The van der Waals surface area contributed by atoms with Crippen molar-refractivity contribution in [2.75, 3.05) is 11.9 Å². The first-order valence-corrected chi connectivity index (χ1v) is 6.52. The Morgan fingerprint density at radius 3 is 2.25 bits per heavy atom. The van der Waals surface area contributed by atoms with E-state index < -0.39 is 0 Å². The molecular formula is C17H15N3. The van der Waals surface area contributed by atoms with Crippen LogP contribution in [0, 0.1) is 0 Å². The molecule has 0 aliphatic rings. The number of rotatable bonds is 3. The van der Waals surface area contributed by atoms with E-state index in [0.717, 1.165) is 22.9 Å². The number of para-hydroxylation sites is 1. The maximum Gasteiger partial charge on any atom is 0.133 e. The minimum atomic E-state index is 0.880. The minimum Gasteiger partial charge on any atom is -0.329 e. The van der Waals surface area contributed by atoms with Gasteiger partial charge in [0.05, 0.1) is 11.4 Å². The van der Waals surface area contributed by atoms with Crippen molar-refractivity contribution in [1.82, 2.24) is 9.97 Å². The van der Waals surface area contributed by atoms with Crippen LogP contribution in [-0.4, -0.2) is 17.0 Å². The molecule has 2 heterocycles. The maximum atomic E-state index is 4.68. The van der Waals surface area contributed by atoms with Gasteiger partial charge in [-0.05, 0) is 36.4 Å². The molecule has 0 spiro atoms. The molecule has 0 atom stereocenters. The first-order valence-electron chi connectivity index (χ1n) is 6.52. The summed E-state index contributed by atoms with van der Waals surface area (Å²) >= 11 is 0. The predicted molar refractivity (Wildman–Crippen MR) is 82.0 cm³/mol. The summed E-state index contributed by atoms with van der Waals surface area (Å²) in [7, 11) is 2.01.